The van der Waals surface area contributed by atoms with E-state index in [1.807, 2.05) is 0 Å². The number of hydrogen-bond acceptors (Lipinski definition) is 3. The van der Waals surface area contributed by atoms with E-state index in [1.54, 1.807) is 31.3 Å². The van der Waals surface area contributed by atoms with Crippen LogP contribution in [0.3, 0.4) is 0 Å². The number of rotatable bonds is 6. The highest BCUT2D eigenvalue weighted by Crippen LogP contribution is 2.22. The van der Waals surface area contributed by atoms with Gasteiger partial charge in [0, 0.05) is 25.0 Å². The Labute approximate surface area is 118 Å². The highest BCUT2D eigenvalue weighted by Gasteiger charge is 2.17. The first-order chi connectivity index (χ1) is 8.84. The molecule has 1 aromatic rings. The van der Waals surface area contributed by atoms with Gasteiger partial charge in [0.2, 0.25) is 15.9 Å². The molecule has 0 saturated heterocycles. The van der Waals surface area contributed by atoms with Crippen molar-refractivity contribution in [1.82, 2.24) is 5.32 Å². The van der Waals surface area contributed by atoms with Gasteiger partial charge >= 0.3 is 0 Å². The molecule has 0 fully saturated rings. The van der Waals surface area contributed by atoms with Crippen molar-refractivity contribution in [2.24, 2.45) is 0 Å². The van der Waals surface area contributed by atoms with Crippen LogP contribution in [0, 0.1) is 0 Å². The summed E-state index contributed by atoms with van der Waals surface area (Å²) in [4.78, 5) is 11.1. The number of hydrogen-bond donors (Lipinski definition) is 1. The lowest BCUT2D eigenvalue weighted by Crippen LogP contribution is -2.31. The molecule has 1 rings (SSSR count). The fourth-order valence-electron chi connectivity index (χ4n) is 1.63. The summed E-state index contributed by atoms with van der Waals surface area (Å²) in [6.45, 7) is 0.243. The van der Waals surface area contributed by atoms with E-state index in [4.69, 9.17) is 11.6 Å². The third-order valence-electron chi connectivity index (χ3n) is 2.54. The predicted molar refractivity (Wildman–Crippen MR) is 76.9 cm³/mol. The number of anilines is 1. The van der Waals surface area contributed by atoms with E-state index >= 15 is 0 Å². The van der Waals surface area contributed by atoms with E-state index in [-0.39, 0.29) is 18.9 Å². The zero-order valence-corrected chi connectivity index (χ0v) is 12.5. The lowest BCUT2D eigenvalue weighted by Gasteiger charge is -2.22. The highest BCUT2D eigenvalue weighted by molar-refractivity contribution is 7.92. The van der Waals surface area contributed by atoms with Crippen molar-refractivity contribution in [3.8, 4) is 0 Å². The van der Waals surface area contributed by atoms with Gasteiger partial charge in [0.25, 0.3) is 0 Å². The van der Waals surface area contributed by atoms with Gasteiger partial charge in [0.15, 0.2) is 0 Å². The number of benzene rings is 1. The van der Waals surface area contributed by atoms with Crippen LogP contribution in [0.1, 0.15) is 12.8 Å². The minimum atomic E-state index is -3.40. The molecule has 1 aromatic carbocycles. The largest absolute Gasteiger partial charge is 0.359 e. The second kappa shape index (κ2) is 6.77. The number of carbonyl (C=O) groups is 1. The topological polar surface area (TPSA) is 66.5 Å². The Hall–Kier alpha value is -1.27. The smallest absolute Gasteiger partial charge is 0.232 e. The van der Waals surface area contributed by atoms with Crippen LogP contribution in [0.5, 0.6) is 0 Å². The maximum absolute atomic E-state index is 11.8. The molecule has 1 N–H and O–H groups in total. The van der Waals surface area contributed by atoms with E-state index in [0.29, 0.717) is 17.1 Å². The van der Waals surface area contributed by atoms with Gasteiger partial charge in [-0.2, -0.15) is 0 Å². The molecule has 0 heterocycles. The van der Waals surface area contributed by atoms with Gasteiger partial charge in [-0.25, -0.2) is 8.42 Å². The van der Waals surface area contributed by atoms with Crippen molar-refractivity contribution >= 4 is 33.2 Å². The molecular weight excluding hydrogens is 288 g/mol. The number of carbonyl (C=O) groups excluding carboxylic acids is 1. The van der Waals surface area contributed by atoms with Crippen molar-refractivity contribution in [2.75, 3.05) is 24.2 Å². The first kappa shape index (κ1) is 15.8. The number of nitrogens with zero attached hydrogens (tertiary/aromatic N) is 1. The maximum atomic E-state index is 11.8. The quantitative estimate of drug-likeness (QED) is 0.868. The Morgan fingerprint density at radius 1 is 1.42 bits per heavy atom. The van der Waals surface area contributed by atoms with Crippen LogP contribution >= 0.6 is 11.6 Å². The van der Waals surface area contributed by atoms with Crippen LogP contribution in [-0.4, -0.2) is 34.2 Å². The fourth-order valence-corrected chi connectivity index (χ4v) is 2.77. The van der Waals surface area contributed by atoms with E-state index < -0.39 is 10.0 Å². The Bertz CT molecular complexity index is 546. The molecule has 19 heavy (non-hydrogen) atoms. The third kappa shape index (κ3) is 5.08. The first-order valence-corrected chi connectivity index (χ1v) is 8.01. The summed E-state index contributed by atoms with van der Waals surface area (Å²) in [6.07, 6.45) is 1.86. The molecule has 0 unspecified atom stereocenters. The molecule has 106 valence electrons. The molecule has 0 atom stereocenters. The molecule has 0 spiro atoms. The lowest BCUT2D eigenvalue weighted by molar-refractivity contribution is -0.120. The van der Waals surface area contributed by atoms with E-state index in [2.05, 4.69) is 5.32 Å². The SMILES string of the molecule is CNC(=O)CCCN(c1cccc(Cl)c1)S(C)(=O)=O. The Kier molecular flexibility index (Phi) is 5.62. The number of nitrogens with one attached hydrogen (secondary N) is 1. The molecule has 0 radical (unpaired) electrons. The third-order valence-corrected chi connectivity index (χ3v) is 3.97. The zero-order chi connectivity index (χ0) is 14.5. The minimum Gasteiger partial charge on any atom is -0.359 e. The molecule has 7 heteroatoms. The first-order valence-electron chi connectivity index (χ1n) is 5.78. The van der Waals surface area contributed by atoms with Crippen molar-refractivity contribution in [1.29, 1.82) is 0 Å². The van der Waals surface area contributed by atoms with Crippen LogP contribution in [0.25, 0.3) is 0 Å². The van der Waals surface area contributed by atoms with Gasteiger partial charge in [-0.05, 0) is 24.6 Å². The Morgan fingerprint density at radius 2 is 2.11 bits per heavy atom. The summed E-state index contributed by atoms with van der Waals surface area (Å²) in [5.74, 6) is -0.112. The van der Waals surface area contributed by atoms with Crippen LogP contribution in [0.15, 0.2) is 24.3 Å². The fraction of sp³-hybridized carbons (Fsp3) is 0.417. The maximum Gasteiger partial charge on any atom is 0.232 e. The molecule has 5 nitrogen and oxygen atoms in total. The van der Waals surface area contributed by atoms with Crippen molar-refractivity contribution in [3.05, 3.63) is 29.3 Å². The van der Waals surface area contributed by atoms with Crippen LogP contribution in [0.4, 0.5) is 5.69 Å². The molecule has 0 saturated carbocycles. The van der Waals surface area contributed by atoms with Crippen molar-refractivity contribution in [2.45, 2.75) is 12.8 Å². The summed E-state index contributed by atoms with van der Waals surface area (Å²) < 4.78 is 24.8. The number of halogens is 1. The van der Waals surface area contributed by atoms with Crippen molar-refractivity contribution in [3.63, 3.8) is 0 Å². The second-order valence-electron chi connectivity index (χ2n) is 4.09. The summed E-state index contributed by atoms with van der Waals surface area (Å²) in [5.41, 5.74) is 0.506. The van der Waals surface area contributed by atoms with Gasteiger partial charge in [-0.1, -0.05) is 17.7 Å². The standard InChI is InChI=1S/C12H17ClN2O3S/c1-14-12(16)7-4-8-15(19(2,17)18)11-6-3-5-10(13)9-11/h3,5-6,9H,4,7-8H2,1-2H3,(H,14,16). The minimum absolute atomic E-state index is 0.112. The predicted octanol–water partition coefficient (Wildman–Crippen LogP) is 1.63. The average Bonchev–Trinajstić information content (AvgIpc) is 2.32. The van der Waals surface area contributed by atoms with Crippen molar-refractivity contribution < 1.29 is 13.2 Å². The number of sulfonamides is 1. The lowest BCUT2D eigenvalue weighted by atomic mass is 10.2. The van der Waals surface area contributed by atoms with E-state index in [9.17, 15) is 13.2 Å². The Morgan fingerprint density at radius 3 is 2.63 bits per heavy atom. The van der Waals surface area contributed by atoms with Gasteiger partial charge in [0.1, 0.15) is 0 Å². The summed E-state index contributed by atoms with van der Waals surface area (Å²) in [6, 6.07) is 6.62. The normalized spacial score (nSPS) is 11.1. The van der Waals surface area contributed by atoms with Gasteiger partial charge in [-0.3, -0.25) is 9.10 Å². The highest BCUT2D eigenvalue weighted by atomic mass is 35.5. The van der Waals surface area contributed by atoms with Gasteiger partial charge < -0.3 is 5.32 Å². The molecule has 0 aliphatic carbocycles. The monoisotopic (exact) mass is 304 g/mol. The van der Waals surface area contributed by atoms with Gasteiger partial charge in [-0.15, -0.1) is 0 Å². The molecule has 0 aliphatic rings. The summed E-state index contributed by atoms with van der Waals surface area (Å²) in [7, 11) is -1.85. The number of amides is 1. The summed E-state index contributed by atoms with van der Waals surface area (Å²) >= 11 is 5.86. The van der Waals surface area contributed by atoms with Crippen LogP contribution in [-0.2, 0) is 14.8 Å². The molecule has 0 bridgehead atoms. The molecule has 0 aromatic heterocycles. The molecular formula is C12H17ClN2O3S. The van der Waals surface area contributed by atoms with Crippen LogP contribution < -0.4 is 9.62 Å². The zero-order valence-electron chi connectivity index (χ0n) is 10.9. The second-order valence-corrected chi connectivity index (χ2v) is 6.43. The van der Waals surface area contributed by atoms with E-state index in [0.717, 1.165) is 6.26 Å². The summed E-state index contributed by atoms with van der Waals surface area (Å²) in [5, 5.41) is 2.97. The molecule has 1 amide bonds. The molecule has 0 aliphatic heterocycles. The average molecular weight is 305 g/mol. The van der Waals surface area contributed by atoms with Crippen LogP contribution in [0.2, 0.25) is 5.02 Å². The van der Waals surface area contributed by atoms with Gasteiger partial charge in [0.05, 0.1) is 11.9 Å². The Balaban J connectivity index is 2.83. The van der Waals surface area contributed by atoms with E-state index in [1.165, 1.54) is 4.31 Å².